The van der Waals surface area contributed by atoms with Crippen LogP contribution in [-0.4, -0.2) is 13.9 Å². The Hall–Kier alpha value is -0.763. The summed E-state index contributed by atoms with van der Waals surface area (Å²) < 4.78 is 0. The van der Waals surface area contributed by atoms with Crippen LogP contribution in [0.4, 0.5) is 0 Å². The van der Waals surface area contributed by atoms with E-state index in [2.05, 4.69) is 13.1 Å². The first-order valence-corrected chi connectivity index (χ1v) is 6.80. The van der Waals surface area contributed by atoms with Crippen molar-refractivity contribution in [2.45, 2.75) is 20.0 Å². The quantitative estimate of drug-likeness (QED) is 0.625. The summed E-state index contributed by atoms with van der Waals surface area (Å²) in [5.74, 6) is 0.508. The van der Waals surface area contributed by atoms with Crippen LogP contribution in [0, 0.1) is 6.92 Å². The summed E-state index contributed by atoms with van der Waals surface area (Å²) in [6, 6.07) is 5.98. The lowest BCUT2D eigenvalue weighted by Gasteiger charge is -2.08. The number of hydrogen-bond donors (Lipinski definition) is 1. The lowest BCUT2D eigenvalue weighted by molar-refractivity contribution is 0.475. The number of rotatable bonds is 1. The van der Waals surface area contributed by atoms with Gasteiger partial charge in [-0.2, -0.15) is 0 Å². The molecule has 60 valence electrons. The second-order valence-electron chi connectivity index (χ2n) is 3.17. The molecule has 1 nitrogen and oxygen atoms in total. The molecule has 1 N–H and O–H groups in total. The van der Waals surface area contributed by atoms with Crippen LogP contribution >= 0.6 is 0 Å². The van der Waals surface area contributed by atoms with Gasteiger partial charge in [-0.25, -0.2) is 0 Å². The van der Waals surface area contributed by atoms with Crippen molar-refractivity contribution in [1.82, 2.24) is 0 Å². The van der Waals surface area contributed by atoms with Crippen LogP contribution < -0.4 is 5.19 Å². The lowest BCUT2D eigenvalue weighted by atomic mass is 10.2. The molecule has 1 aromatic rings. The van der Waals surface area contributed by atoms with E-state index in [1.807, 2.05) is 25.1 Å². The van der Waals surface area contributed by atoms with Gasteiger partial charge in [0, 0.05) is 0 Å². The van der Waals surface area contributed by atoms with Crippen molar-refractivity contribution < 1.29 is 5.11 Å². The zero-order valence-electron chi connectivity index (χ0n) is 7.26. The molecule has 0 heterocycles. The fraction of sp³-hybridized carbons (Fsp3) is 0.333. The van der Waals surface area contributed by atoms with Crippen molar-refractivity contribution in [1.29, 1.82) is 0 Å². The molecule has 0 atom stereocenters. The molecule has 0 aliphatic heterocycles. The van der Waals surface area contributed by atoms with Gasteiger partial charge < -0.3 is 5.11 Å². The predicted molar refractivity (Wildman–Crippen MR) is 51.4 cm³/mol. The van der Waals surface area contributed by atoms with Gasteiger partial charge in [0.05, 0.1) is 8.80 Å². The lowest BCUT2D eigenvalue weighted by Crippen LogP contribution is -2.22. The van der Waals surface area contributed by atoms with Gasteiger partial charge in [-0.05, 0) is 17.7 Å². The van der Waals surface area contributed by atoms with Gasteiger partial charge in [0.2, 0.25) is 0 Å². The van der Waals surface area contributed by atoms with Crippen LogP contribution in [-0.2, 0) is 0 Å². The topological polar surface area (TPSA) is 20.2 Å². The molecule has 0 fully saturated rings. The standard InChI is InChI=1S/C9H14OSi/c1-7-5-4-6-8(9(7)10)11(2)3/h4-6,10-11H,1-3H3. The zero-order valence-corrected chi connectivity index (χ0v) is 8.41. The van der Waals surface area contributed by atoms with E-state index < -0.39 is 8.80 Å². The molecule has 0 amide bonds. The van der Waals surface area contributed by atoms with Gasteiger partial charge >= 0.3 is 0 Å². The van der Waals surface area contributed by atoms with Gasteiger partial charge in [0.25, 0.3) is 0 Å². The average molecular weight is 166 g/mol. The van der Waals surface area contributed by atoms with Crippen molar-refractivity contribution in [3.63, 3.8) is 0 Å². The number of aromatic hydroxyl groups is 1. The summed E-state index contributed by atoms with van der Waals surface area (Å²) in [5.41, 5.74) is 0.990. The van der Waals surface area contributed by atoms with Crippen molar-refractivity contribution >= 4 is 14.0 Å². The van der Waals surface area contributed by atoms with Crippen molar-refractivity contribution in [2.75, 3.05) is 0 Å². The highest BCUT2D eigenvalue weighted by Gasteiger charge is 2.06. The Morgan fingerprint density at radius 2 is 1.91 bits per heavy atom. The fourth-order valence-electron chi connectivity index (χ4n) is 1.15. The number of hydrogen-bond acceptors (Lipinski definition) is 1. The molecule has 11 heavy (non-hydrogen) atoms. The Bertz CT molecular complexity index is 256. The number of phenolic OH excluding ortho intramolecular Hbond substituents is 1. The molecule has 0 radical (unpaired) electrons. The van der Waals surface area contributed by atoms with Crippen molar-refractivity contribution in [3.05, 3.63) is 23.8 Å². The van der Waals surface area contributed by atoms with Crippen LogP contribution in [0.1, 0.15) is 5.56 Å². The highest BCUT2D eigenvalue weighted by molar-refractivity contribution is 6.71. The van der Waals surface area contributed by atoms with Crippen LogP contribution in [0.5, 0.6) is 5.75 Å². The van der Waals surface area contributed by atoms with Crippen LogP contribution in [0.2, 0.25) is 13.1 Å². The van der Waals surface area contributed by atoms with Gasteiger partial charge in [-0.15, -0.1) is 0 Å². The maximum atomic E-state index is 9.60. The highest BCUT2D eigenvalue weighted by atomic mass is 28.3. The summed E-state index contributed by atoms with van der Waals surface area (Å²) in [4.78, 5) is 0. The summed E-state index contributed by atoms with van der Waals surface area (Å²) in [6.07, 6.45) is 0. The van der Waals surface area contributed by atoms with Gasteiger partial charge in [-0.3, -0.25) is 0 Å². The summed E-state index contributed by atoms with van der Waals surface area (Å²) in [6.45, 7) is 6.37. The normalized spacial score (nSPS) is 10.5. The van der Waals surface area contributed by atoms with E-state index in [4.69, 9.17) is 0 Å². The van der Waals surface area contributed by atoms with E-state index in [1.165, 1.54) is 5.19 Å². The maximum absolute atomic E-state index is 9.60. The third kappa shape index (κ3) is 1.63. The maximum Gasteiger partial charge on any atom is 0.117 e. The Balaban J connectivity index is 3.17. The van der Waals surface area contributed by atoms with Gasteiger partial charge in [-0.1, -0.05) is 31.3 Å². The zero-order chi connectivity index (χ0) is 8.43. The Morgan fingerprint density at radius 3 is 2.36 bits per heavy atom. The summed E-state index contributed by atoms with van der Waals surface area (Å²) in [5, 5.41) is 10.8. The van der Waals surface area contributed by atoms with Gasteiger partial charge in [0.1, 0.15) is 5.75 Å². The molecule has 0 bridgehead atoms. The number of benzene rings is 1. The smallest absolute Gasteiger partial charge is 0.117 e. The fourth-order valence-corrected chi connectivity index (χ4v) is 2.42. The molecule has 1 rings (SSSR count). The Kier molecular flexibility index (Phi) is 2.34. The minimum absolute atomic E-state index is 0.508. The average Bonchev–Trinajstić information content (AvgIpc) is 1.94. The Labute approximate surface area is 69.3 Å². The van der Waals surface area contributed by atoms with Crippen molar-refractivity contribution in [2.24, 2.45) is 0 Å². The minimum Gasteiger partial charge on any atom is -0.508 e. The first-order chi connectivity index (χ1) is 5.13. The number of aryl methyl sites for hydroxylation is 1. The molecule has 2 heteroatoms. The molecule has 1 aromatic carbocycles. The largest absolute Gasteiger partial charge is 0.508 e. The first-order valence-electron chi connectivity index (χ1n) is 3.91. The molecule has 0 unspecified atom stereocenters. The van der Waals surface area contributed by atoms with Crippen molar-refractivity contribution in [3.8, 4) is 5.75 Å². The predicted octanol–water partition coefficient (Wildman–Crippen LogP) is 1.39. The molecule has 0 spiro atoms. The first kappa shape index (κ1) is 8.33. The molecule has 0 aromatic heterocycles. The Morgan fingerprint density at radius 1 is 1.27 bits per heavy atom. The SMILES string of the molecule is Cc1cccc([SiH](C)C)c1O. The summed E-state index contributed by atoms with van der Waals surface area (Å²) >= 11 is 0. The van der Waals surface area contributed by atoms with Crippen LogP contribution in [0.3, 0.4) is 0 Å². The molecule has 0 saturated carbocycles. The second kappa shape index (κ2) is 3.09. The van der Waals surface area contributed by atoms with E-state index in [-0.39, 0.29) is 0 Å². The van der Waals surface area contributed by atoms with Gasteiger partial charge in [0.15, 0.2) is 0 Å². The third-order valence-electron chi connectivity index (χ3n) is 1.89. The number of phenols is 1. The van der Waals surface area contributed by atoms with E-state index in [0.717, 1.165) is 5.56 Å². The molecule has 0 aliphatic rings. The number of para-hydroxylation sites is 1. The molecular formula is C9H14OSi. The van der Waals surface area contributed by atoms with Crippen LogP contribution in [0.15, 0.2) is 18.2 Å². The monoisotopic (exact) mass is 166 g/mol. The van der Waals surface area contributed by atoms with E-state index >= 15 is 0 Å². The van der Waals surface area contributed by atoms with E-state index in [1.54, 1.807) is 0 Å². The van der Waals surface area contributed by atoms with Crippen LogP contribution in [0.25, 0.3) is 0 Å². The third-order valence-corrected chi connectivity index (χ3v) is 3.60. The molecule has 0 aliphatic carbocycles. The molecule has 0 saturated heterocycles. The van der Waals surface area contributed by atoms with E-state index in [9.17, 15) is 5.11 Å². The second-order valence-corrected chi connectivity index (χ2v) is 6.10. The minimum atomic E-state index is -0.846. The summed E-state index contributed by atoms with van der Waals surface area (Å²) in [7, 11) is -0.846. The highest BCUT2D eigenvalue weighted by Crippen LogP contribution is 2.12. The van der Waals surface area contributed by atoms with E-state index in [0.29, 0.717) is 5.75 Å². The molecular weight excluding hydrogens is 152 g/mol.